The topological polar surface area (TPSA) is 86.1 Å². The van der Waals surface area contributed by atoms with Crippen LogP contribution in [-0.2, 0) is 35.3 Å². The van der Waals surface area contributed by atoms with E-state index in [2.05, 4.69) is 20.1 Å². The Bertz CT molecular complexity index is 1290. The number of hydrogen-bond donors (Lipinski definition) is 1. The molecule has 0 spiro atoms. The van der Waals surface area contributed by atoms with Crippen molar-refractivity contribution in [2.45, 2.75) is 38.4 Å². The normalized spacial score (nSPS) is 12.7. The minimum Gasteiger partial charge on any atom is -0.381 e. The molecule has 1 aliphatic carbocycles. The third-order valence-electron chi connectivity index (χ3n) is 5.77. The van der Waals surface area contributed by atoms with E-state index >= 15 is 0 Å². The zero-order valence-electron chi connectivity index (χ0n) is 18.9. The van der Waals surface area contributed by atoms with E-state index in [1.807, 2.05) is 6.07 Å². The summed E-state index contributed by atoms with van der Waals surface area (Å²) in [5.74, 6) is -3.93. The summed E-state index contributed by atoms with van der Waals surface area (Å²) in [7, 11) is 0. The van der Waals surface area contributed by atoms with Gasteiger partial charge in [0.2, 0.25) is 0 Å². The zero-order valence-corrected chi connectivity index (χ0v) is 20.4. The van der Waals surface area contributed by atoms with Gasteiger partial charge in [0.25, 0.3) is 0 Å². The number of benzene rings is 1. The Hall–Kier alpha value is -2.95. The van der Waals surface area contributed by atoms with Crippen LogP contribution in [0.15, 0.2) is 36.7 Å². The highest BCUT2D eigenvalue weighted by atomic mass is 35.5. The molecule has 0 aliphatic heterocycles. The lowest BCUT2D eigenvalue weighted by atomic mass is 9.90. The van der Waals surface area contributed by atoms with E-state index < -0.39 is 18.1 Å². The summed E-state index contributed by atoms with van der Waals surface area (Å²) in [6.45, 7) is 1.41. The Morgan fingerprint density at radius 1 is 1.14 bits per heavy atom. The van der Waals surface area contributed by atoms with Crippen LogP contribution in [0.5, 0.6) is 0 Å². The van der Waals surface area contributed by atoms with Crippen LogP contribution in [0.3, 0.4) is 0 Å². The van der Waals surface area contributed by atoms with Crippen molar-refractivity contribution in [3.05, 3.63) is 69.1 Å². The molecule has 0 bridgehead atoms. The molecule has 2 aromatic heterocycles. The van der Waals surface area contributed by atoms with Crippen molar-refractivity contribution in [3.63, 3.8) is 0 Å². The van der Waals surface area contributed by atoms with Crippen LogP contribution in [0.2, 0.25) is 10.0 Å². The second-order valence-electron chi connectivity index (χ2n) is 8.20. The first-order valence-corrected chi connectivity index (χ1v) is 11.9. The quantitative estimate of drug-likeness (QED) is 0.250. The van der Waals surface area contributed by atoms with Crippen molar-refractivity contribution in [2.75, 3.05) is 13.1 Å². The van der Waals surface area contributed by atoms with Gasteiger partial charge in [-0.15, -0.1) is 0 Å². The molecule has 0 saturated carbocycles. The minimum absolute atomic E-state index is 0.141. The fourth-order valence-electron chi connectivity index (χ4n) is 4.08. The molecule has 0 saturated heterocycles. The van der Waals surface area contributed by atoms with Crippen LogP contribution < -0.4 is 5.32 Å². The van der Waals surface area contributed by atoms with Crippen molar-refractivity contribution in [1.29, 1.82) is 0 Å². The number of fused-ring (bicyclic) bond motifs is 3. The van der Waals surface area contributed by atoms with E-state index in [-0.39, 0.29) is 12.2 Å². The van der Waals surface area contributed by atoms with Crippen molar-refractivity contribution in [1.82, 2.24) is 20.1 Å². The molecule has 0 unspecified atom stereocenters. The van der Waals surface area contributed by atoms with Gasteiger partial charge in [-0.05, 0) is 68.1 Å². The molecular formula is C24H21Cl2F3N4O3. The molecule has 1 aliphatic rings. The highest BCUT2D eigenvalue weighted by molar-refractivity contribution is 6.35. The molecular weight excluding hydrogens is 520 g/mol. The van der Waals surface area contributed by atoms with E-state index in [0.29, 0.717) is 60.1 Å². The third-order valence-corrected chi connectivity index (χ3v) is 6.36. The van der Waals surface area contributed by atoms with Crippen LogP contribution >= 0.6 is 23.2 Å². The number of nitrogens with one attached hydrogen (secondary N) is 1. The molecule has 36 heavy (non-hydrogen) atoms. The second kappa shape index (κ2) is 11.0. The first kappa shape index (κ1) is 26.1. The number of esters is 2. The molecule has 0 amide bonds. The lowest BCUT2D eigenvalue weighted by Crippen LogP contribution is -2.29. The maximum Gasteiger partial charge on any atom is 0.491 e. The molecule has 0 fully saturated rings. The smallest absolute Gasteiger partial charge is 0.381 e. The summed E-state index contributed by atoms with van der Waals surface area (Å²) < 4.78 is 43.6. The molecule has 0 radical (unpaired) electrons. The van der Waals surface area contributed by atoms with Gasteiger partial charge in [-0.25, -0.2) is 9.59 Å². The number of alkyl halides is 3. The van der Waals surface area contributed by atoms with Gasteiger partial charge in [-0.2, -0.15) is 18.3 Å². The fraction of sp³-hybridized carbons (Fsp3) is 0.333. The number of nitrogens with zero attached hydrogens (tertiary/aromatic N) is 3. The summed E-state index contributed by atoms with van der Waals surface area (Å²) in [5.41, 5.74) is 3.41. The number of aromatic nitrogens is 3. The summed E-state index contributed by atoms with van der Waals surface area (Å²) >= 11 is 12.1. The largest absolute Gasteiger partial charge is 0.491 e. The average Bonchev–Trinajstić information content (AvgIpc) is 3.20. The van der Waals surface area contributed by atoms with E-state index in [0.717, 1.165) is 16.7 Å². The Morgan fingerprint density at radius 2 is 1.94 bits per heavy atom. The van der Waals surface area contributed by atoms with Crippen LogP contribution in [0.4, 0.5) is 13.2 Å². The van der Waals surface area contributed by atoms with Crippen molar-refractivity contribution in [3.8, 4) is 11.3 Å². The predicted molar refractivity (Wildman–Crippen MR) is 127 cm³/mol. The molecule has 190 valence electrons. The van der Waals surface area contributed by atoms with E-state index in [1.165, 1.54) is 4.68 Å². The number of halogens is 5. The van der Waals surface area contributed by atoms with Gasteiger partial charge in [-0.3, -0.25) is 9.67 Å². The lowest BCUT2D eigenvalue weighted by Gasteiger charge is -2.15. The average molecular weight is 541 g/mol. The maximum absolute atomic E-state index is 12.7. The highest BCUT2D eigenvalue weighted by Crippen LogP contribution is 2.34. The SMILES string of the molecule is O=C(OC(=O)C(F)(F)F)c1c2c(nn1CCCNCCc1ccc(Cl)cc1Cl)-c1ccncc1CC2. The fourth-order valence-corrected chi connectivity index (χ4v) is 4.58. The van der Waals surface area contributed by atoms with Crippen LogP contribution in [0.1, 0.15) is 33.6 Å². The number of aryl methyl sites for hydroxylation is 2. The van der Waals surface area contributed by atoms with Crippen LogP contribution in [-0.4, -0.2) is 46.0 Å². The summed E-state index contributed by atoms with van der Waals surface area (Å²) in [6, 6.07) is 7.04. The molecule has 7 nitrogen and oxygen atoms in total. The van der Waals surface area contributed by atoms with E-state index in [4.69, 9.17) is 23.2 Å². The summed E-state index contributed by atoms with van der Waals surface area (Å²) in [4.78, 5) is 28.1. The van der Waals surface area contributed by atoms with Gasteiger partial charge in [0.15, 0.2) is 5.69 Å². The maximum atomic E-state index is 12.7. The molecule has 4 rings (SSSR count). The third kappa shape index (κ3) is 5.88. The number of carbonyl (C=O) groups excluding carboxylic acids is 2. The second-order valence-corrected chi connectivity index (χ2v) is 9.04. The van der Waals surface area contributed by atoms with Crippen LogP contribution in [0.25, 0.3) is 11.3 Å². The standard InChI is InChI=1S/C24H21Cl2F3N4O3/c25-16-4-2-14(19(26)12-16)6-9-30-8-1-11-33-21(22(34)36-23(35)24(27,28)29)18-5-3-15-13-31-10-7-17(15)20(18)32-33/h2,4,7,10,12-13,30H,1,3,5-6,8-9,11H2. The van der Waals surface area contributed by atoms with E-state index in [1.54, 1.807) is 30.6 Å². The van der Waals surface area contributed by atoms with Crippen LogP contribution in [0, 0.1) is 0 Å². The van der Waals surface area contributed by atoms with Crippen molar-refractivity contribution in [2.24, 2.45) is 0 Å². The lowest BCUT2D eigenvalue weighted by molar-refractivity contribution is -0.193. The molecule has 2 heterocycles. The van der Waals surface area contributed by atoms with Gasteiger partial charge in [0.05, 0.1) is 5.69 Å². The van der Waals surface area contributed by atoms with Crippen molar-refractivity contribution >= 4 is 35.1 Å². The minimum atomic E-state index is -5.28. The predicted octanol–water partition coefficient (Wildman–Crippen LogP) is 4.82. The molecule has 3 aromatic rings. The van der Waals surface area contributed by atoms with Gasteiger partial charge in [-0.1, -0.05) is 29.3 Å². The Kier molecular flexibility index (Phi) is 7.97. The number of carbonyl (C=O) groups is 2. The van der Waals surface area contributed by atoms with Gasteiger partial charge >= 0.3 is 18.1 Å². The Balaban J connectivity index is 1.45. The molecule has 1 aromatic carbocycles. The first-order valence-electron chi connectivity index (χ1n) is 11.2. The van der Waals surface area contributed by atoms with Gasteiger partial charge < -0.3 is 10.1 Å². The Labute approximate surface area is 214 Å². The number of hydrogen-bond acceptors (Lipinski definition) is 6. The number of rotatable bonds is 8. The van der Waals surface area contributed by atoms with Gasteiger partial charge in [0, 0.05) is 40.1 Å². The number of ether oxygens (including phenoxy) is 1. The molecule has 12 heteroatoms. The summed E-state index contributed by atoms with van der Waals surface area (Å²) in [6.07, 6.45) is 0.0760. The highest BCUT2D eigenvalue weighted by Gasteiger charge is 2.43. The monoisotopic (exact) mass is 540 g/mol. The number of pyridine rings is 1. The van der Waals surface area contributed by atoms with Gasteiger partial charge in [0.1, 0.15) is 0 Å². The van der Waals surface area contributed by atoms with Crippen molar-refractivity contribution < 1.29 is 27.5 Å². The van der Waals surface area contributed by atoms with E-state index in [9.17, 15) is 22.8 Å². The molecule has 0 atom stereocenters. The zero-order chi connectivity index (χ0) is 25.9. The molecule has 1 N–H and O–H groups in total. The summed E-state index contributed by atoms with van der Waals surface area (Å²) in [5, 5.41) is 8.91. The first-order chi connectivity index (χ1) is 17.1. The Morgan fingerprint density at radius 3 is 2.69 bits per heavy atom.